The van der Waals surface area contributed by atoms with E-state index in [0.29, 0.717) is 11.7 Å². The summed E-state index contributed by atoms with van der Waals surface area (Å²) in [4.78, 5) is 14.9. The number of carbonyl (C=O) groups excluding carboxylic acids is 1. The average molecular weight is 231 g/mol. The van der Waals surface area contributed by atoms with Crippen molar-refractivity contribution in [3.8, 4) is 11.3 Å². The summed E-state index contributed by atoms with van der Waals surface area (Å²) in [7, 11) is 0. The van der Waals surface area contributed by atoms with Crippen LogP contribution in [0.25, 0.3) is 11.3 Å². The standard InChI is InChI=1S/C12H13N3O2/c1-8(16)15-10-4-2-9(3-5-10)11-7-14-12(6-13)17-11/h2-5,7H,6,13H2,1H3,(H,15,16). The largest absolute Gasteiger partial charge is 0.439 e. The van der Waals surface area contributed by atoms with Gasteiger partial charge in [-0.2, -0.15) is 0 Å². The zero-order valence-electron chi connectivity index (χ0n) is 9.43. The number of carbonyl (C=O) groups is 1. The lowest BCUT2D eigenvalue weighted by molar-refractivity contribution is -0.114. The number of hydrogen-bond acceptors (Lipinski definition) is 4. The monoisotopic (exact) mass is 231 g/mol. The fourth-order valence-electron chi connectivity index (χ4n) is 1.46. The predicted octanol–water partition coefficient (Wildman–Crippen LogP) is 1.76. The summed E-state index contributed by atoms with van der Waals surface area (Å²) in [5.74, 6) is 1.08. The summed E-state index contributed by atoms with van der Waals surface area (Å²) < 4.78 is 5.42. The zero-order chi connectivity index (χ0) is 12.3. The van der Waals surface area contributed by atoms with Crippen molar-refractivity contribution in [3.63, 3.8) is 0 Å². The average Bonchev–Trinajstić information content (AvgIpc) is 2.78. The number of nitrogens with zero attached hydrogens (tertiary/aromatic N) is 1. The predicted molar refractivity (Wildman–Crippen MR) is 64.1 cm³/mol. The minimum Gasteiger partial charge on any atom is -0.439 e. The number of nitrogens with one attached hydrogen (secondary N) is 1. The number of nitrogens with two attached hydrogens (primary N) is 1. The fourth-order valence-corrected chi connectivity index (χ4v) is 1.46. The van der Waals surface area contributed by atoms with Crippen LogP contribution >= 0.6 is 0 Å². The molecule has 0 saturated carbocycles. The van der Waals surface area contributed by atoms with Gasteiger partial charge in [0.15, 0.2) is 5.76 Å². The number of hydrogen-bond donors (Lipinski definition) is 2. The van der Waals surface area contributed by atoms with Crippen LogP contribution in [0.2, 0.25) is 0 Å². The van der Waals surface area contributed by atoms with Gasteiger partial charge < -0.3 is 15.5 Å². The fraction of sp³-hybridized carbons (Fsp3) is 0.167. The Bertz CT molecular complexity index is 517. The summed E-state index contributed by atoms with van der Waals surface area (Å²) in [5, 5.41) is 2.69. The molecule has 0 aliphatic heterocycles. The second-order valence-corrected chi connectivity index (χ2v) is 3.58. The van der Waals surface area contributed by atoms with Crippen LogP contribution in [0, 0.1) is 0 Å². The number of oxazole rings is 1. The van der Waals surface area contributed by atoms with Crippen LogP contribution in [-0.2, 0) is 11.3 Å². The summed E-state index contributed by atoms with van der Waals surface area (Å²) in [6, 6.07) is 7.32. The molecule has 0 saturated heterocycles. The normalized spacial score (nSPS) is 10.2. The Balaban J connectivity index is 2.19. The van der Waals surface area contributed by atoms with E-state index in [2.05, 4.69) is 10.3 Å². The molecule has 2 rings (SSSR count). The highest BCUT2D eigenvalue weighted by Gasteiger charge is 2.05. The van der Waals surface area contributed by atoms with Crippen LogP contribution in [0.1, 0.15) is 12.8 Å². The Morgan fingerprint density at radius 3 is 2.65 bits per heavy atom. The van der Waals surface area contributed by atoms with Gasteiger partial charge in [-0.05, 0) is 24.3 Å². The minimum atomic E-state index is -0.0946. The van der Waals surface area contributed by atoms with E-state index in [9.17, 15) is 4.79 Å². The molecule has 0 bridgehead atoms. The Labute approximate surface area is 98.6 Å². The third-order valence-electron chi connectivity index (χ3n) is 2.22. The molecule has 0 atom stereocenters. The lowest BCUT2D eigenvalue weighted by Gasteiger charge is -2.02. The molecule has 0 unspecified atom stereocenters. The number of benzene rings is 1. The zero-order valence-corrected chi connectivity index (χ0v) is 9.43. The molecule has 0 aliphatic rings. The number of anilines is 1. The molecule has 3 N–H and O–H groups in total. The summed E-state index contributed by atoms with van der Waals surface area (Å²) in [5.41, 5.74) is 7.06. The molecule has 5 heteroatoms. The van der Waals surface area contributed by atoms with Crippen molar-refractivity contribution < 1.29 is 9.21 Å². The molecule has 0 spiro atoms. The molecule has 0 radical (unpaired) electrons. The highest BCUT2D eigenvalue weighted by Crippen LogP contribution is 2.22. The van der Waals surface area contributed by atoms with E-state index in [0.717, 1.165) is 11.3 Å². The first kappa shape index (κ1) is 11.3. The number of rotatable bonds is 3. The Kier molecular flexibility index (Phi) is 3.20. The minimum absolute atomic E-state index is 0.0946. The maximum atomic E-state index is 10.9. The SMILES string of the molecule is CC(=O)Nc1ccc(-c2cnc(CN)o2)cc1. The topological polar surface area (TPSA) is 81.2 Å². The van der Waals surface area contributed by atoms with Crippen LogP contribution in [0.3, 0.4) is 0 Å². The molecule has 88 valence electrons. The second-order valence-electron chi connectivity index (χ2n) is 3.58. The Morgan fingerprint density at radius 1 is 1.41 bits per heavy atom. The van der Waals surface area contributed by atoms with Gasteiger partial charge >= 0.3 is 0 Å². The van der Waals surface area contributed by atoms with E-state index in [1.807, 2.05) is 12.1 Å². The van der Waals surface area contributed by atoms with Crippen LogP contribution in [0.4, 0.5) is 5.69 Å². The lowest BCUT2D eigenvalue weighted by atomic mass is 10.2. The smallest absolute Gasteiger partial charge is 0.221 e. The molecule has 17 heavy (non-hydrogen) atoms. The maximum absolute atomic E-state index is 10.9. The Hall–Kier alpha value is -2.14. The van der Waals surface area contributed by atoms with Crippen molar-refractivity contribution in [1.82, 2.24) is 4.98 Å². The number of aromatic nitrogens is 1. The van der Waals surface area contributed by atoms with Gasteiger partial charge in [-0.25, -0.2) is 4.98 Å². The van der Waals surface area contributed by atoms with Crippen molar-refractivity contribution in [1.29, 1.82) is 0 Å². The van der Waals surface area contributed by atoms with Crippen molar-refractivity contribution in [2.45, 2.75) is 13.5 Å². The number of amides is 1. The molecule has 2 aromatic rings. The van der Waals surface area contributed by atoms with E-state index < -0.39 is 0 Å². The van der Waals surface area contributed by atoms with Crippen LogP contribution in [0.15, 0.2) is 34.9 Å². The van der Waals surface area contributed by atoms with Crippen molar-refractivity contribution in [3.05, 3.63) is 36.4 Å². The molecule has 1 aromatic carbocycles. The highest BCUT2D eigenvalue weighted by atomic mass is 16.4. The van der Waals surface area contributed by atoms with Crippen LogP contribution < -0.4 is 11.1 Å². The van der Waals surface area contributed by atoms with Gasteiger partial charge in [-0.15, -0.1) is 0 Å². The van der Waals surface area contributed by atoms with Crippen molar-refractivity contribution in [2.75, 3.05) is 5.32 Å². The quantitative estimate of drug-likeness (QED) is 0.843. The van der Waals surface area contributed by atoms with Gasteiger partial charge in [0.05, 0.1) is 12.7 Å². The summed E-state index contributed by atoms with van der Waals surface area (Å²) >= 11 is 0. The molecule has 0 aliphatic carbocycles. The molecular weight excluding hydrogens is 218 g/mol. The molecule has 1 amide bonds. The Morgan fingerprint density at radius 2 is 2.12 bits per heavy atom. The molecule has 1 aromatic heterocycles. The third-order valence-corrected chi connectivity index (χ3v) is 2.22. The third kappa shape index (κ3) is 2.70. The van der Waals surface area contributed by atoms with Gasteiger partial charge in [-0.1, -0.05) is 0 Å². The van der Waals surface area contributed by atoms with E-state index in [1.54, 1.807) is 18.3 Å². The molecule has 0 fully saturated rings. The van der Waals surface area contributed by atoms with Crippen LogP contribution in [-0.4, -0.2) is 10.9 Å². The maximum Gasteiger partial charge on any atom is 0.221 e. The van der Waals surface area contributed by atoms with E-state index in [-0.39, 0.29) is 12.5 Å². The summed E-state index contributed by atoms with van der Waals surface area (Å²) in [6.07, 6.45) is 1.63. The first-order valence-corrected chi connectivity index (χ1v) is 5.22. The summed E-state index contributed by atoms with van der Waals surface area (Å²) in [6.45, 7) is 1.75. The van der Waals surface area contributed by atoms with E-state index in [4.69, 9.17) is 10.2 Å². The molecular formula is C12H13N3O2. The van der Waals surface area contributed by atoms with Crippen molar-refractivity contribution >= 4 is 11.6 Å². The van der Waals surface area contributed by atoms with Gasteiger partial charge in [0.25, 0.3) is 0 Å². The molecule has 5 nitrogen and oxygen atoms in total. The van der Waals surface area contributed by atoms with E-state index in [1.165, 1.54) is 6.92 Å². The molecule has 1 heterocycles. The van der Waals surface area contributed by atoms with Gasteiger partial charge in [0.1, 0.15) is 0 Å². The van der Waals surface area contributed by atoms with Gasteiger partial charge in [-0.3, -0.25) is 4.79 Å². The first-order chi connectivity index (χ1) is 8.19. The van der Waals surface area contributed by atoms with Gasteiger partial charge in [0, 0.05) is 18.2 Å². The first-order valence-electron chi connectivity index (χ1n) is 5.22. The van der Waals surface area contributed by atoms with Gasteiger partial charge in [0.2, 0.25) is 11.8 Å². The van der Waals surface area contributed by atoms with Crippen LogP contribution in [0.5, 0.6) is 0 Å². The lowest BCUT2D eigenvalue weighted by Crippen LogP contribution is -2.05. The second kappa shape index (κ2) is 4.80. The van der Waals surface area contributed by atoms with E-state index >= 15 is 0 Å². The highest BCUT2D eigenvalue weighted by molar-refractivity contribution is 5.88. The van der Waals surface area contributed by atoms with Crippen molar-refractivity contribution in [2.24, 2.45) is 5.73 Å².